The summed E-state index contributed by atoms with van der Waals surface area (Å²) in [5.74, 6) is 1.18. The molecule has 0 bridgehead atoms. The Morgan fingerprint density at radius 3 is 2.31 bits per heavy atom. The van der Waals surface area contributed by atoms with E-state index in [0.29, 0.717) is 41.4 Å². The van der Waals surface area contributed by atoms with E-state index >= 15 is 0 Å². The molecule has 0 aliphatic carbocycles. The first kappa shape index (κ1) is 25.9. The van der Waals surface area contributed by atoms with Crippen molar-refractivity contribution in [2.24, 2.45) is 10.9 Å². The molecular weight excluding hydrogens is 502 g/mol. The minimum atomic E-state index is -3.64. The summed E-state index contributed by atoms with van der Waals surface area (Å²) in [6.45, 7) is 4.81. The Kier molecular flexibility index (Phi) is 7.82. The number of benzene rings is 2. The number of amides is 1. The summed E-state index contributed by atoms with van der Waals surface area (Å²) >= 11 is 1.39. The lowest BCUT2D eigenvalue weighted by molar-refractivity contribution is -0.122. The van der Waals surface area contributed by atoms with E-state index < -0.39 is 10.0 Å². The van der Waals surface area contributed by atoms with Crippen LogP contribution in [0.15, 0.2) is 58.9 Å². The Morgan fingerprint density at radius 2 is 1.72 bits per heavy atom. The van der Waals surface area contributed by atoms with Gasteiger partial charge in [0.1, 0.15) is 5.75 Å². The molecule has 1 amide bonds. The number of allylic oxidation sites excluding steroid dienone is 1. The maximum atomic E-state index is 13.1. The molecule has 1 aliphatic rings. The van der Waals surface area contributed by atoms with Gasteiger partial charge in [-0.05, 0) is 37.1 Å². The van der Waals surface area contributed by atoms with E-state index in [9.17, 15) is 13.2 Å². The van der Waals surface area contributed by atoms with Crippen molar-refractivity contribution in [1.29, 1.82) is 0 Å². The number of methoxy groups -OCH3 is 3. The van der Waals surface area contributed by atoms with Gasteiger partial charge in [-0.2, -0.15) is 9.30 Å². The molecule has 0 saturated carbocycles. The number of aromatic nitrogens is 1. The van der Waals surface area contributed by atoms with Crippen molar-refractivity contribution in [2.45, 2.75) is 24.3 Å². The van der Waals surface area contributed by atoms with Gasteiger partial charge in [-0.3, -0.25) is 4.79 Å². The highest BCUT2D eigenvalue weighted by atomic mass is 32.2. The van der Waals surface area contributed by atoms with Gasteiger partial charge < -0.3 is 18.8 Å². The molecule has 11 heteroatoms. The third-order valence-electron chi connectivity index (χ3n) is 6.21. The Morgan fingerprint density at radius 1 is 1.08 bits per heavy atom. The van der Waals surface area contributed by atoms with Gasteiger partial charge in [0.05, 0.1) is 36.4 Å². The molecule has 1 fully saturated rings. The van der Waals surface area contributed by atoms with Gasteiger partial charge in [0.25, 0.3) is 5.91 Å². The molecule has 1 aliphatic heterocycles. The summed E-state index contributed by atoms with van der Waals surface area (Å²) in [7, 11) is 1.04. The molecule has 3 aromatic rings. The Balaban J connectivity index is 1.55. The topological polar surface area (TPSA) is 99.4 Å². The summed E-state index contributed by atoms with van der Waals surface area (Å²) in [6, 6.07) is 10.0. The first-order chi connectivity index (χ1) is 17.3. The Labute approximate surface area is 214 Å². The third kappa shape index (κ3) is 5.04. The fraction of sp³-hybridized carbons (Fsp3) is 0.360. The summed E-state index contributed by atoms with van der Waals surface area (Å²) in [5.41, 5.74) is 0.865. The van der Waals surface area contributed by atoms with Gasteiger partial charge in [-0.15, -0.1) is 6.58 Å². The molecule has 1 saturated heterocycles. The molecule has 192 valence electrons. The molecule has 2 heterocycles. The molecule has 2 aromatic carbocycles. The van der Waals surface area contributed by atoms with E-state index in [-0.39, 0.29) is 29.8 Å². The zero-order chi connectivity index (χ0) is 25.9. The van der Waals surface area contributed by atoms with Crippen molar-refractivity contribution < 1.29 is 27.4 Å². The normalized spacial score (nSPS) is 15.7. The number of fused-ring (bicyclic) bond motifs is 1. The fourth-order valence-corrected chi connectivity index (χ4v) is 6.74. The summed E-state index contributed by atoms with van der Waals surface area (Å²) in [5, 5.41) is 0. The molecule has 1 aromatic heterocycles. The number of nitrogens with zero attached hydrogens (tertiary/aromatic N) is 3. The van der Waals surface area contributed by atoms with E-state index in [0.717, 1.165) is 10.2 Å². The van der Waals surface area contributed by atoms with E-state index in [4.69, 9.17) is 14.2 Å². The fourth-order valence-electron chi connectivity index (χ4n) is 4.21. The predicted octanol–water partition coefficient (Wildman–Crippen LogP) is 3.44. The summed E-state index contributed by atoms with van der Waals surface area (Å²) in [4.78, 5) is 18.3. The highest BCUT2D eigenvalue weighted by molar-refractivity contribution is 7.89. The zero-order valence-corrected chi connectivity index (χ0v) is 22.1. The Hall–Kier alpha value is -3.15. The van der Waals surface area contributed by atoms with Crippen molar-refractivity contribution in [3.05, 3.63) is 53.9 Å². The number of hydrogen-bond acceptors (Lipinski definition) is 7. The summed E-state index contributed by atoms with van der Waals surface area (Å²) in [6.07, 6.45) is 2.56. The monoisotopic (exact) mass is 531 g/mol. The first-order valence-electron chi connectivity index (χ1n) is 11.4. The SMILES string of the molecule is C=CCn1c(=NC(=O)C2CCN(S(=O)(=O)c3ccc(OC)cc3)CC2)sc2cc(OC)c(OC)cc21. The number of carbonyl (C=O) groups excluding carboxylic acids is 1. The van der Waals surface area contributed by atoms with E-state index in [2.05, 4.69) is 11.6 Å². The number of piperidine rings is 1. The molecule has 0 atom stereocenters. The van der Waals surface area contributed by atoms with Crippen molar-refractivity contribution >= 4 is 37.5 Å². The lowest BCUT2D eigenvalue weighted by Crippen LogP contribution is -2.40. The van der Waals surface area contributed by atoms with Crippen LogP contribution in [0.3, 0.4) is 0 Å². The van der Waals surface area contributed by atoms with Crippen LogP contribution in [-0.2, 0) is 21.4 Å². The summed E-state index contributed by atoms with van der Waals surface area (Å²) < 4.78 is 46.2. The first-order valence-corrected chi connectivity index (χ1v) is 13.7. The van der Waals surface area contributed by atoms with Gasteiger partial charge in [-0.1, -0.05) is 17.4 Å². The maximum Gasteiger partial charge on any atom is 0.251 e. The molecule has 0 radical (unpaired) electrons. The van der Waals surface area contributed by atoms with Gasteiger partial charge in [-0.25, -0.2) is 8.42 Å². The number of hydrogen-bond donors (Lipinski definition) is 0. The van der Waals surface area contributed by atoms with E-state index in [1.807, 2.05) is 16.7 Å². The van der Waals surface area contributed by atoms with Crippen LogP contribution in [0.1, 0.15) is 12.8 Å². The number of thiazole rings is 1. The molecule has 9 nitrogen and oxygen atoms in total. The largest absolute Gasteiger partial charge is 0.497 e. The Bertz CT molecular complexity index is 1430. The predicted molar refractivity (Wildman–Crippen MR) is 138 cm³/mol. The molecule has 0 N–H and O–H groups in total. The lowest BCUT2D eigenvalue weighted by atomic mass is 9.98. The van der Waals surface area contributed by atoms with Crippen molar-refractivity contribution in [2.75, 3.05) is 34.4 Å². The van der Waals surface area contributed by atoms with Crippen LogP contribution in [0, 0.1) is 5.92 Å². The smallest absolute Gasteiger partial charge is 0.251 e. The molecule has 36 heavy (non-hydrogen) atoms. The number of sulfonamides is 1. The lowest BCUT2D eigenvalue weighted by Gasteiger charge is -2.29. The van der Waals surface area contributed by atoms with Crippen molar-refractivity contribution in [1.82, 2.24) is 8.87 Å². The number of carbonyl (C=O) groups is 1. The van der Waals surface area contributed by atoms with Crippen LogP contribution in [0.2, 0.25) is 0 Å². The van der Waals surface area contributed by atoms with Gasteiger partial charge in [0, 0.05) is 37.7 Å². The van der Waals surface area contributed by atoms with Crippen LogP contribution < -0.4 is 19.0 Å². The van der Waals surface area contributed by atoms with Crippen LogP contribution in [0.5, 0.6) is 17.2 Å². The third-order valence-corrected chi connectivity index (χ3v) is 9.16. The van der Waals surface area contributed by atoms with E-state index in [1.54, 1.807) is 32.4 Å². The number of rotatable bonds is 8. The van der Waals surface area contributed by atoms with E-state index in [1.165, 1.54) is 34.9 Å². The zero-order valence-electron chi connectivity index (χ0n) is 20.5. The molecule has 0 unspecified atom stereocenters. The maximum absolute atomic E-state index is 13.1. The van der Waals surface area contributed by atoms with Gasteiger partial charge in [0.15, 0.2) is 16.3 Å². The van der Waals surface area contributed by atoms with Crippen LogP contribution >= 0.6 is 11.3 Å². The quantitative estimate of drug-likeness (QED) is 0.413. The standard InChI is InChI=1S/C25H29N3O6S2/c1-5-12-28-20-15-21(33-3)22(34-4)16-23(20)35-25(28)26-24(29)17-10-13-27(14-11-17)36(30,31)19-8-6-18(32-2)7-9-19/h5-9,15-17H,1,10-14H2,2-4H3. The highest BCUT2D eigenvalue weighted by Gasteiger charge is 2.32. The van der Waals surface area contributed by atoms with Crippen LogP contribution in [0.4, 0.5) is 0 Å². The van der Waals surface area contributed by atoms with Gasteiger partial charge >= 0.3 is 0 Å². The van der Waals surface area contributed by atoms with Crippen molar-refractivity contribution in [3.63, 3.8) is 0 Å². The molecule has 4 rings (SSSR count). The average molecular weight is 532 g/mol. The second-order valence-corrected chi connectivity index (χ2v) is 11.2. The molecular formula is C25H29N3O6S2. The van der Waals surface area contributed by atoms with Crippen LogP contribution in [-0.4, -0.2) is 57.6 Å². The average Bonchev–Trinajstić information content (AvgIpc) is 3.23. The molecule has 0 spiro atoms. The second kappa shape index (κ2) is 10.9. The minimum Gasteiger partial charge on any atom is -0.497 e. The van der Waals surface area contributed by atoms with Crippen LogP contribution in [0.25, 0.3) is 10.2 Å². The van der Waals surface area contributed by atoms with Gasteiger partial charge in [0.2, 0.25) is 10.0 Å². The second-order valence-electron chi connectivity index (χ2n) is 8.26. The minimum absolute atomic E-state index is 0.208. The van der Waals surface area contributed by atoms with Crippen molar-refractivity contribution in [3.8, 4) is 17.2 Å². The number of ether oxygens (including phenoxy) is 3. The highest BCUT2D eigenvalue weighted by Crippen LogP contribution is 2.33.